The summed E-state index contributed by atoms with van der Waals surface area (Å²) in [5.41, 5.74) is 0.998. The highest BCUT2D eigenvalue weighted by Crippen LogP contribution is 2.09. The van der Waals surface area contributed by atoms with Gasteiger partial charge in [-0.1, -0.05) is 87.8 Å². The van der Waals surface area contributed by atoms with Crippen LogP contribution in [0.2, 0.25) is 0 Å². The number of aliphatic hydroxyl groups excluding tert-OH is 1. The van der Waals surface area contributed by atoms with E-state index in [0.29, 0.717) is 6.42 Å². The molecule has 150 valence electrons. The Morgan fingerprint density at radius 1 is 1.04 bits per heavy atom. The van der Waals surface area contributed by atoms with E-state index in [0.717, 1.165) is 18.4 Å². The van der Waals surface area contributed by atoms with Crippen molar-refractivity contribution in [2.75, 3.05) is 0 Å². The van der Waals surface area contributed by atoms with Crippen LogP contribution in [0, 0.1) is 23.7 Å². The smallest absolute Gasteiger partial charge is 0.304 e. The summed E-state index contributed by atoms with van der Waals surface area (Å²) in [6.07, 6.45) is 11.4. The number of carbonyl (C=O) groups excluding carboxylic acids is 1. The third-order valence-electron chi connectivity index (χ3n) is 4.15. The second kappa shape index (κ2) is 15.6. The lowest BCUT2D eigenvalue weighted by Gasteiger charge is -2.05. The van der Waals surface area contributed by atoms with Gasteiger partial charge in [0.05, 0.1) is 0 Å². The van der Waals surface area contributed by atoms with Gasteiger partial charge in [-0.3, -0.25) is 4.79 Å². The average molecular weight is 381 g/mol. The van der Waals surface area contributed by atoms with Crippen LogP contribution in [0.15, 0.2) is 36.4 Å². The Balaban J connectivity index is 2.43. The summed E-state index contributed by atoms with van der Waals surface area (Å²) in [5, 5.41) is 9.91. The number of unbranched alkanes of at least 4 members (excludes halogenated alkanes) is 6. The van der Waals surface area contributed by atoms with Gasteiger partial charge >= 0.3 is 5.97 Å². The molecule has 0 aliphatic heterocycles. The van der Waals surface area contributed by atoms with E-state index in [-0.39, 0.29) is 0 Å². The first-order chi connectivity index (χ1) is 13.6. The number of hydrogen-bond donors (Lipinski definition) is 1. The Labute approximate surface area is 170 Å². The van der Waals surface area contributed by atoms with E-state index in [9.17, 15) is 9.90 Å². The molecule has 2 atom stereocenters. The molecule has 3 heteroatoms. The predicted octanol–water partition coefficient (Wildman–Crippen LogP) is 5.14. The van der Waals surface area contributed by atoms with Crippen molar-refractivity contribution in [2.45, 2.75) is 77.4 Å². The van der Waals surface area contributed by atoms with Gasteiger partial charge in [-0.25, -0.2) is 0 Å². The van der Waals surface area contributed by atoms with Gasteiger partial charge in [0.15, 0.2) is 6.10 Å². The van der Waals surface area contributed by atoms with E-state index < -0.39 is 18.2 Å². The number of benzene rings is 1. The molecule has 0 aromatic heterocycles. The van der Waals surface area contributed by atoms with Crippen LogP contribution in [0.4, 0.5) is 0 Å². The van der Waals surface area contributed by atoms with E-state index in [2.05, 4.69) is 30.6 Å². The van der Waals surface area contributed by atoms with Crippen LogP contribution in [0.3, 0.4) is 0 Å². The Kier molecular flexibility index (Phi) is 13.1. The highest BCUT2D eigenvalue weighted by molar-refractivity contribution is 5.67. The quantitative estimate of drug-likeness (QED) is 0.328. The molecule has 0 fully saturated rings. The fourth-order valence-electron chi connectivity index (χ4n) is 2.65. The Hall–Kier alpha value is -2.49. The minimum absolute atomic E-state index is 0.399. The summed E-state index contributed by atoms with van der Waals surface area (Å²) >= 11 is 0. The van der Waals surface area contributed by atoms with Crippen molar-refractivity contribution in [3.05, 3.63) is 42.0 Å². The van der Waals surface area contributed by atoms with Crippen LogP contribution >= 0.6 is 0 Å². The first-order valence-electron chi connectivity index (χ1n) is 10.2. The average Bonchev–Trinajstić information content (AvgIpc) is 2.69. The molecule has 0 saturated heterocycles. The van der Waals surface area contributed by atoms with Crippen LogP contribution in [0.5, 0.6) is 0 Å². The van der Waals surface area contributed by atoms with Crippen LogP contribution in [-0.4, -0.2) is 23.3 Å². The van der Waals surface area contributed by atoms with E-state index >= 15 is 0 Å². The second-order valence-electron chi connectivity index (χ2n) is 6.76. The number of hydrogen-bond acceptors (Lipinski definition) is 3. The van der Waals surface area contributed by atoms with Gasteiger partial charge in [0, 0.05) is 6.92 Å². The first-order valence-corrected chi connectivity index (χ1v) is 10.2. The maximum atomic E-state index is 11.2. The molecule has 1 rings (SSSR count). The molecule has 0 bridgehead atoms. The number of ether oxygens (including phenoxy) is 1. The van der Waals surface area contributed by atoms with Gasteiger partial charge in [-0.2, -0.15) is 0 Å². The Morgan fingerprint density at radius 2 is 1.68 bits per heavy atom. The van der Waals surface area contributed by atoms with Crippen molar-refractivity contribution in [3.63, 3.8) is 0 Å². The van der Waals surface area contributed by atoms with E-state index in [1.54, 1.807) is 6.08 Å². The molecule has 1 aromatic rings. The third kappa shape index (κ3) is 12.8. The monoisotopic (exact) mass is 380 g/mol. The minimum atomic E-state index is -0.660. The molecule has 1 aromatic carbocycles. The van der Waals surface area contributed by atoms with E-state index in [4.69, 9.17) is 4.74 Å². The maximum Gasteiger partial charge on any atom is 0.304 e. The molecule has 0 saturated carbocycles. The van der Waals surface area contributed by atoms with Crippen LogP contribution in [-0.2, 0) is 9.53 Å². The molecule has 0 radical (unpaired) electrons. The van der Waals surface area contributed by atoms with Gasteiger partial charge in [0.25, 0.3) is 0 Å². The SMILES string of the molecule is CCCCCCCCCC(O)C#CC#CC(/C=C/c1ccccc1)OC(C)=O. The van der Waals surface area contributed by atoms with Crippen molar-refractivity contribution in [2.24, 2.45) is 0 Å². The van der Waals surface area contributed by atoms with Crippen LogP contribution < -0.4 is 0 Å². The molecule has 3 nitrogen and oxygen atoms in total. The normalized spacial score (nSPS) is 12.4. The summed E-state index contributed by atoms with van der Waals surface area (Å²) in [6.45, 7) is 3.56. The molecule has 0 spiro atoms. The minimum Gasteiger partial charge on any atom is -0.445 e. The van der Waals surface area contributed by atoms with Gasteiger partial charge in [0.1, 0.15) is 6.10 Å². The molecular weight excluding hydrogens is 348 g/mol. The Morgan fingerprint density at radius 3 is 2.36 bits per heavy atom. The topological polar surface area (TPSA) is 46.5 Å². The molecule has 0 heterocycles. The van der Waals surface area contributed by atoms with Crippen molar-refractivity contribution in [3.8, 4) is 23.7 Å². The molecule has 28 heavy (non-hydrogen) atoms. The zero-order valence-corrected chi connectivity index (χ0v) is 17.1. The van der Waals surface area contributed by atoms with Gasteiger partial charge in [0.2, 0.25) is 0 Å². The number of carbonyl (C=O) groups is 1. The number of esters is 1. The summed E-state index contributed by atoms with van der Waals surface area (Å²) < 4.78 is 5.17. The maximum absolute atomic E-state index is 11.2. The van der Waals surface area contributed by atoms with E-state index in [1.165, 1.54) is 39.0 Å². The summed E-state index contributed by atoms with van der Waals surface area (Å²) in [7, 11) is 0. The second-order valence-corrected chi connectivity index (χ2v) is 6.76. The van der Waals surface area contributed by atoms with Crippen molar-refractivity contribution >= 4 is 12.0 Å². The third-order valence-corrected chi connectivity index (χ3v) is 4.15. The van der Waals surface area contributed by atoms with Gasteiger partial charge in [-0.05, 0) is 42.2 Å². The highest BCUT2D eigenvalue weighted by Gasteiger charge is 2.03. The molecule has 2 unspecified atom stereocenters. The molecular formula is C25H32O3. The lowest BCUT2D eigenvalue weighted by atomic mass is 10.1. The van der Waals surface area contributed by atoms with Gasteiger partial charge in [-0.15, -0.1) is 0 Å². The largest absolute Gasteiger partial charge is 0.445 e. The summed E-state index contributed by atoms with van der Waals surface area (Å²) in [6, 6.07) is 9.71. The molecule has 1 N–H and O–H groups in total. The van der Waals surface area contributed by atoms with Crippen molar-refractivity contribution in [1.82, 2.24) is 0 Å². The highest BCUT2D eigenvalue weighted by atomic mass is 16.5. The van der Waals surface area contributed by atoms with Crippen LogP contribution in [0.1, 0.15) is 70.8 Å². The van der Waals surface area contributed by atoms with Crippen LogP contribution in [0.25, 0.3) is 6.08 Å². The predicted molar refractivity (Wildman–Crippen MR) is 115 cm³/mol. The summed E-state index contributed by atoms with van der Waals surface area (Å²) in [5.74, 6) is 10.5. The van der Waals surface area contributed by atoms with Crippen molar-refractivity contribution in [1.29, 1.82) is 0 Å². The van der Waals surface area contributed by atoms with Crippen molar-refractivity contribution < 1.29 is 14.6 Å². The lowest BCUT2D eigenvalue weighted by Crippen LogP contribution is -2.11. The molecule has 0 aliphatic carbocycles. The zero-order chi connectivity index (χ0) is 20.5. The zero-order valence-electron chi connectivity index (χ0n) is 17.1. The summed E-state index contributed by atoms with van der Waals surface area (Å²) in [4.78, 5) is 11.2. The first kappa shape index (κ1) is 23.5. The lowest BCUT2D eigenvalue weighted by molar-refractivity contribution is -0.142. The van der Waals surface area contributed by atoms with E-state index in [1.807, 2.05) is 36.4 Å². The fraction of sp³-hybridized carbons (Fsp3) is 0.480. The fourth-order valence-corrected chi connectivity index (χ4v) is 2.65. The number of aliphatic hydroxyl groups is 1. The number of rotatable bonds is 11. The molecule has 0 amide bonds. The standard InChI is InChI=1S/C25H32O3/c1-3-4-5-6-7-8-12-17-24(27)18-13-14-19-25(28-22(2)26)21-20-23-15-10-9-11-16-23/h9-11,15-16,20-21,24-25,27H,3-8,12,17H2,1-2H3/b21-20+. The van der Waals surface area contributed by atoms with Gasteiger partial charge < -0.3 is 9.84 Å². The Bertz CT molecular complexity index is 698. The molecule has 0 aliphatic rings.